The summed E-state index contributed by atoms with van der Waals surface area (Å²) in [6.45, 7) is 1.41. The highest BCUT2D eigenvalue weighted by Gasteiger charge is 2.28. The first kappa shape index (κ1) is 15.1. The van der Waals surface area contributed by atoms with Crippen molar-refractivity contribution in [1.29, 1.82) is 0 Å². The van der Waals surface area contributed by atoms with Crippen LogP contribution in [0.25, 0.3) is 0 Å². The lowest BCUT2D eigenvalue weighted by Crippen LogP contribution is -2.49. The van der Waals surface area contributed by atoms with Crippen LogP contribution < -0.4 is 5.32 Å². The van der Waals surface area contributed by atoms with Gasteiger partial charge in [0.1, 0.15) is 0 Å². The van der Waals surface area contributed by atoms with Gasteiger partial charge in [-0.05, 0) is 31.6 Å². The molecule has 2 aliphatic rings. The van der Waals surface area contributed by atoms with Crippen LogP contribution >= 0.6 is 0 Å². The summed E-state index contributed by atoms with van der Waals surface area (Å²) in [6, 6.07) is -0.207. The fourth-order valence-corrected chi connectivity index (χ4v) is 3.47. The van der Waals surface area contributed by atoms with Gasteiger partial charge in [0.05, 0.1) is 6.42 Å². The van der Waals surface area contributed by atoms with Gasteiger partial charge in [0.2, 0.25) is 0 Å². The topological polar surface area (TPSA) is 69.6 Å². The first-order valence-electron chi connectivity index (χ1n) is 7.93. The number of piperidine rings is 1. The molecule has 1 aliphatic carbocycles. The summed E-state index contributed by atoms with van der Waals surface area (Å²) in [5.74, 6) is -0.0490. The molecule has 0 aromatic rings. The van der Waals surface area contributed by atoms with E-state index in [2.05, 4.69) is 5.32 Å². The van der Waals surface area contributed by atoms with Gasteiger partial charge >= 0.3 is 12.0 Å². The van der Waals surface area contributed by atoms with Gasteiger partial charge in [-0.3, -0.25) is 4.79 Å². The minimum atomic E-state index is -0.819. The monoisotopic (exact) mass is 282 g/mol. The van der Waals surface area contributed by atoms with Gasteiger partial charge in [0, 0.05) is 19.1 Å². The second-order valence-corrected chi connectivity index (χ2v) is 6.11. The van der Waals surface area contributed by atoms with Crippen molar-refractivity contribution in [2.24, 2.45) is 5.92 Å². The van der Waals surface area contributed by atoms with E-state index in [1.165, 1.54) is 25.7 Å². The molecule has 1 unspecified atom stereocenters. The van der Waals surface area contributed by atoms with E-state index >= 15 is 0 Å². The molecule has 114 valence electrons. The zero-order valence-corrected chi connectivity index (χ0v) is 12.1. The summed E-state index contributed by atoms with van der Waals surface area (Å²) in [7, 11) is 0. The second kappa shape index (κ2) is 7.50. The number of carboxylic acid groups (broad SMARTS) is 1. The summed E-state index contributed by atoms with van der Waals surface area (Å²) >= 11 is 0. The molecule has 2 N–H and O–H groups in total. The average molecular weight is 282 g/mol. The van der Waals surface area contributed by atoms with Crippen LogP contribution in [0.15, 0.2) is 0 Å². The fourth-order valence-electron chi connectivity index (χ4n) is 3.47. The molecular formula is C15H26N2O3. The van der Waals surface area contributed by atoms with Crippen LogP contribution in [0.3, 0.4) is 0 Å². The molecular weight excluding hydrogens is 256 g/mol. The molecule has 1 aliphatic heterocycles. The van der Waals surface area contributed by atoms with Crippen LogP contribution in [-0.4, -0.2) is 41.1 Å². The van der Waals surface area contributed by atoms with E-state index in [1.54, 1.807) is 4.90 Å². The SMILES string of the molecule is O=C(O)CC1CCCCN1C(=O)NCCC1CCCC1. The van der Waals surface area contributed by atoms with Crippen LogP contribution in [-0.2, 0) is 4.79 Å². The maximum absolute atomic E-state index is 12.2. The van der Waals surface area contributed by atoms with Crippen LogP contribution in [0, 0.1) is 5.92 Å². The molecule has 0 radical (unpaired) electrons. The Hall–Kier alpha value is -1.26. The van der Waals surface area contributed by atoms with Gasteiger partial charge in [-0.15, -0.1) is 0 Å². The Bertz CT molecular complexity index is 340. The molecule has 5 heteroatoms. The smallest absolute Gasteiger partial charge is 0.317 e. The minimum absolute atomic E-state index is 0.0655. The highest BCUT2D eigenvalue weighted by Crippen LogP contribution is 2.27. The van der Waals surface area contributed by atoms with Crippen LogP contribution in [0.4, 0.5) is 4.79 Å². The molecule has 20 heavy (non-hydrogen) atoms. The first-order valence-corrected chi connectivity index (χ1v) is 7.93. The maximum Gasteiger partial charge on any atom is 0.317 e. The van der Waals surface area contributed by atoms with Gasteiger partial charge < -0.3 is 15.3 Å². The lowest BCUT2D eigenvalue weighted by molar-refractivity contribution is -0.138. The predicted octanol–water partition coefficient (Wildman–Crippen LogP) is 2.61. The third-order valence-electron chi connectivity index (χ3n) is 4.60. The molecule has 0 aromatic carbocycles. The Morgan fingerprint density at radius 2 is 1.80 bits per heavy atom. The molecule has 2 rings (SSSR count). The Labute approximate surface area is 120 Å². The van der Waals surface area contributed by atoms with Gasteiger partial charge in [-0.1, -0.05) is 25.7 Å². The minimum Gasteiger partial charge on any atom is -0.481 e. The van der Waals surface area contributed by atoms with E-state index in [4.69, 9.17) is 5.11 Å². The molecule has 1 atom stereocenters. The normalized spacial score (nSPS) is 23.8. The van der Waals surface area contributed by atoms with E-state index in [0.717, 1.165) is 38.1 Å². The molecule has 0 spiro atoms. The summed E-state index contributed by atoms with van der Waals surface area (Å²) in [5, 5.41) is 11.9. The van der Waals surface area contributed by atoms with Crippen molar-refractivity contribution in [1.82, 2.24) is 10.2 Å². The molecule has 5 nitrogen and oxygen atoms in total. The Morgan fingerprint density at radius 3 is 2.50 bits per heavy atom. The Morgan fingerprint density at radius 1 is 1.10 bits per heavy atom. The number of likely N-dealkylation sites (tertiary alicyclic amines) is 1. The molecule has 1 saturated heterocycles. The number of nitrogens with zero attached hydrogens (tertiary/aromatic N) is 1. The van der Waals surface area contributed by atoms with Crippen LogP contribution in [0.1, 0.15) is 57.8 Å². The van der Waals surface area contributed by atoms with Crippen molar-refractivity contribution in [3.63, 3.8) is 0 Å². The third kappa shape index (κ3) is 4.39. The predicted molar refractivity (Wildman–Crippen MR) is 76.6 cm³/mol. The fraction of sp³-hybridized carbons (Fsp3) is 0.867. The molecule has 0 aromatic heterocycles. The number of rotatable bonds is 5. The van der Waals surface area contributed by atoms with Gasteiger partial charge in [0.15, 0.2) is 0 Å². The zero-order valence-electron chi connectivity index (χ0n) is 12.1. The highest BCUT2D eigenvalue weighted by molar-refractivity contribution is 5.76. The first-order chi connectivity index (χ1) is 9.66. The summed E-state index contributed by atoms with van der Waals surface area (Å²) < 4.78 is 0. The number of aliphatic carboxylic acids is 1. The zero-order chi connectivity index (χ0) is 14.4. The second-order valence-electron chi connectivity index (χ2n) is 6.11. The molecule has 1 heterocycles. The van der Waals surface area contributed by atoms with Crippen molar-refractivity contribution in [2.45, 2.75) is 63.8 Å². The van der Waals surface area contributed by atoms with Gasteiger partial charge in [-0.25, -0.2) is 4.79 Å². The van der Waals surface area contributed by atoms with Crippen molar-refractivity contribution in [3.05, 3.63) is 0 Å². The lowest BCUT2D eigenvalue weighted by atomic mass is 10.00. The van der Waals surface area contributed by atoms with Gasteiger partial charge in [0.25, 0.3) is 0 Å². The Balaban J connectivity index is 1.74. The van der Waals surface area contributed by atoms with Crippen LogP contribution in [0.5, 0.6) is 0 Å². The number of hydrogen-bond acceptors (Lipinski definition) is 2. The van der Waals surface area contributed by atoms with E-state index in [1.807, 2.05) is 0 Å². The van der Waals surface area contributed by atoms with Gasteiger partial charge in [-0.2, -0.15) is 0 Å². The quantitative estimate of drug-likeness (QED) is 0.814. The standard InChI is InChI=1S/C15H26N2O3/c18-14(19)11-13-7-3-4-10-17(13)15(20)16-9-8-12-5-1-2-6-12/h12-13H,1-11H2,(H,16,20)(H,18,19). The van der Waals surface area contributed by atoms with Crippen LogP contribution in [0.2, 0.25) is 0 Å². The largest absolute Gasteiger partial charge is 0.481 e. The van der Waals surface area contributed by atoms with Crippen molar-refractivity contribution >= 4 is 12.0 Å². The number of carboxylic acids is 1. The summed E-state index contributed by atoms with van der Waals surface area (Å²) in [4.78, 5) is 24.8. The maximum atomic E-state index is 12.2. The molecule has 1 saturated carbocycles. The van der Waals surface area contributed by atoms with E-state index in [0.29, 0.717) is 6.54 Å². The van der Waals surface area contributed by atoms with Crippen molar-refractivity contribution < 1.29 is 14.7 Å². The van der Waals surface area contributed by atoms with Crippen molar-refractivity contribution in [3.8, 4) is 0 Å². The van der Waals surface area contributed by atoms with E-state index in [-0.39, 0.29) is 18.5 Å². The number of hydrogen-bond donors (Lipinski definition) is 2. The number of carbonyl (C=O) groups excluding carboxylic acids is 1. The summed E-state index contributed by atoms with van der Waals surface area (Å²) in [5.41, 5.74) is 0. The number of carbonyl (C=O) groups is 2. The number of nitrogens with one attached hydrogen (secondary N) is 1. The molecule has 2 amide bonds. The average Bonchev–Trinajstić information content (AvgIpc) is 2.91. The van der Waals surface area contributed by atoms with E-state index < -0.39 is 5.97 Å². The highest BCUT2D eigenvalue weighted by atomic mass is 16.4. The third-order valence-corrected chi connectivity index (χ3v) is 4.60. The number of amides is 2. The molecule has 2 fully saturated rings. The number of urea groups is 1. The lowest BCUT2D eigenvalue weighted by Gasteiger charge is -2.35. The Kier molecular flexibility index (Phi) is 5.68. The molecule has 0 bridgehead atoms. The summed E-state index contributed by atoms with van der Waals surface area (Å²) in [6.07, 6.45) is 9.16. The van der Waals surface area contributed by atoms with E-state index in [9.17, 15) is 9.59 Å². The van der Waals surface area contributed by atoms with Crippen molar-refractivity contribution in [2.75, 3.05) is 13.1 Å².